The summed E-state index contributed by atoms with van der Waals surface area (Å²) < 4.78 is 29.8. The molecule has 3 rings (SSSR count). The van der Waals surface area contributed by atoms with Crippen LogP contribution in [0, 0.1) is 0 Å². The number of benzene rings is 2. The molecule has 0 bridgehead atoms. The van der Waals surface area contributed by atoms with Gasteiger partial charge in [-0.15, -0.1) is 16.9 Å². The summed E-state index contributed by atoms with van der Waals surface area (Å²) in [7, 11) is -1.60. The van der Waals surface area contributed by atoms with Crippen molar-refractivity contribution in [2.24, 2.45) is 0 Å². The lowest BCUT2D eigenvalue weighted by Gasteiger charge is -2.06. The summed E-state index contributed by atoms with van der Waals surface area (Å²) in [4.78, 5) is 1.33. The van der Waals surface area contributed by atoms with Crippen LogP contribution in [0.3, 0.4) is 0 Å². The second-order valence-corrected chi connectivity index (χ2v) is 8.30. The Hall–Kier alpha value is -2.39. The largest absolute Gasteiger partial charge is 0.497 e. The fourth-order valence-electron chi connectivity index (χ4n) is 2.15. The van der Waals surface area contributed by atoms with Gasteiger partial charge in [0.25, 0.3) is 0 Å². The molecule has 3 aromatic rings. The van der Waals surface area contributed by atoms with E-state index >= 15 is 0 Å². The highest BCUT2D eigenvalue weighted by Gasteiger charge is 2.11. The van der Waals surface area contributed by atoms with Gasteiger partial charge in [0.2, 0.25) is 0 Å². The average Bonchev–Trinajstić information content (AvgIpc) is 3.08. The van der Waals surface area contributed by atoms with Crippen molar-refractivity contribution in [3.05, 3.63) is 54.4 Å². The number of hydrogen-bond donors (Lipinski definition) is 0. The van der Waals surface area contributed by atoms with Crippen LogP contribution in [0.15, 0.2) is 58.3 Å². The first kappa shape index (κ1) is 17.4. The Labute approximate surface area is 149 Å². The Morgan fingerprint density at radius 1 is 1.08 bits per heavy atom. The minimum atomic E-state index is -3.23. The monoisotopic (exact) mass is 376 g/mol. The zero-order chi connectivity index (χ0) is 17.9. The molecule has 0 aliphatic carbocycles. The van der Waals surface area contributed by atoms with E-state index in [1.54, 1.807) is 47.8 Å². The normalized spacial score (nSPS) is 11.4. The van der Waals surface area contributed by atoms with Gasteiger partial charge in [0.05, 0.1) is 23.4 Å². The Bertz CT molecular complexity index is 952. The number of thioether (sulfide) groups is 1. The first-order valence-electron chi connectivity index (χ1n) is 7.32. The topological polar surface area (TPSA) is 87.0 Å². The lowest BCUT2D eigenvalue weighted by molar-refractivity contribution is 0.414. The quantitative estimate of drug-likeness (QED) is 0.610. The highest BCUT2D eigenvalue weighted by molar-refractivity contribution is 7.98. The van der Waals surface area contributed by atoms with Crippen LogP contribution in [-0.2, 0) is 15.6 Å². The molecule has 0 atom stereocenters. The summed E-state index contributed by atoms with van der Waals surface area (Å²) in [5, 5.41) is 11.8. The van der Waals surface area contributed by atoms with Crippen LogP contribution < -0.4 is 4.74 Å². The molecule has 0 saturated heterocycles. The van der Waals surface area contributed by atoms with Gasteiger partial charge in [0.15, 0.2) is 15.7 Å². The number of rotatable bonds is 6. The number of aromatic nitrogens is 4. The number of tetrazole rings is 1. The minimum absolute atomic E-state index is 0.262. The Morgan fingerprint density at radius 2 is 1.76 bits per heavy atom. The van der Waals surface area contributed by atoms with Crippen molar-refractivity contribution in [3.8, 4) is 11.4 Å². The summed E-state index contributed by atoms with van der Waals surface area (Å²) in [5.41, 5.74) is 0.711. The van der Waals surface area contributed by atoms with E-state index in [0.29, 0.717) is 17.3 Å². The van der Waals surface area contributed by atoms with Gasteiger partial charge in [0.1, 0.15) is 5.75 Å². The van der Waals surface area contributed by atoms with E-state index in [0.717, 1.165) is 10.6 Å². The minimum Gasteiger partial charge on any atom is -0.497 e. The molecule has 0 amide bonds. The lowest BCUT2D eigenvalue weighted by atomic mass is 10.3. The predicted molar refractivity (Wildman–Crippen MR) is 94.8 cm³/mol. The van der Waals surface area contributed by atoms with Gasteiger partial charge < -0.3 is 4.74 Å². The molecular formula is C16H16N4O3S2. The van der Waals surface area contributed by atoms with Gasteiger partial charge >= 0.3 is 0 Å². The van der Waals surface area contributed by atoms with E-state index in [9.17, 15) is 8.42 Å². The number of sulfone groups is 1. The maximum Gasteiger partial charge on any atom is 0.175 e. The zero-order valence-corrected chi connectivity index (χ0v) is 15.3. The number of hydrogen-bond acceptors (Lipinski definition) is 7. The maximum absolute atomic E-state index is 11.5. The molecule has 0 spiro atoms. The Morgan fingerprint density at radius 3 is 2.36 bits per heavy atom. The molecular weight excluding hydrogens is 360 g/mol. The summed E-state index contributed by atoms with van der Waals surface area (Å²) in [6.07, 6.45) is 1.18. The maximum atomic E-state index is 11.5. The predicted octanol–water partition coefficient (Wildman–Crippen LogP) is 2.37. The standard InChI is InChI=1S/C16H16N4O3S2/c1-23-13-5-7-14(8-6-13)24-11-16-17-18-19-20(16)12-3-9-15(10-4-12)25(2,21)22/h3-10H,11H2,1-2H3. The third-order valence-corrected chi connectivity index (χ3v) is 5.61. The van der Waals surface area contributed by atoms with Crippen molar-refractivity contribution >= 4 is 21.6 Å². The van der Waals surface area contributed by atoms with Crippen LogP contribution in [-0.4, -0.2) is 42.0 Å². The van der Waals surface area contributed by atoms with E-state index in [4.69, 9.17) is 4.74 Å². The highest BCUT2D eigenvalue weighted by Crippen LogP contribution is 2.25. The molecule has 7 nitrogen and oxygen atoms in total. The van der Waals surface area contributed by atoms with Crippen molar-refractivity contribution in [2.45, 2.75) is 15.5 Å². The van der Waals surface area contributed by atoms with Crippen molar-refractivity contribution in [3.63, 3.8) is 0 Å². The highest BCUT2D eigenvalue weighted by atomic mass is 32.2. The molecule has 0 radical (unpaired) electrons. The van der Waals surface area contributed by atoms with E-state index in [1.807, 2.05) is 24.3 Å². The van der Waals surface area contributed by atoms with Crippen molar-refractivity contribution < 1.29 is 13.2 Å². The first-order chi connectivity index (χ1) is 12.0. The fourth-order valence-corrected chi connectivity index (χ4v) is 3.59. The van der Waals surface area contributed by atoms with Gasteiger partial charge in [-0.2, -0.15) is 4.68 Å². The molecule has 1 heterocycles. The number of methoxy groups -OCH3 is 1. The van der Waals surface area contributed by atoms with Crippen LogP contribution >= 0.6 is 11.8 Å². The van der Waals surface area contributed by atoms with Gasteiger partial charge in [-0.1, -0.05) is 0 Å². The van der Waals surface area contributed by atoms with Gasteiger partial charge in [-0.3, -0.25) is 0 Å². The second-order valence-electron chi connectivity index (χ2n) is 5.24. The van der Waals surface area contributed by atoms with E-state index in [1.165, 1.54) is 6.26 Å². The van der Waals surface area contributed by atoms with Gasteiger partial charge in [-0.25, -0.2) is 8.42 Å². The summed E-state index contributed by atoms with van der Waals surface area (Å²) in [5.74, 6) is 2.06. The molecule has 1 aromatic heterocycles. The molecule has 0 N–H and O–H groups in total. The third-order valence-electron chi connectivity index (χ3n) is 3.47. The van der Waals surface area contributed by atoms with E-state index < -0.39 is 9.84 Å². The van der Waals surface area contributed by atoms with Crippen LogP contribution in [0.1, 0.15) is 5.82 Å². The fraction of sp³-hybridized carbons (Fsp3) is 0.188. The van der Waals surface area contributed by atoms with Crippen LogP contribution in [0.4, 0.5) is 0 Å². The van der Waals surface area contributed by atoms with Crippen molar-refractivity contribution in [1.82, 2.24) is 20.2 Å². The number of ether oxygens (including phenoxy) is 1. The van der Waals surface area contributed by atoms with Gasteiger partial charge in [0, 0.05) is 11.2 Å². The van der Waals surface area contributed by atoms with E-state index in [-0.39, 0.29) is 4.90 Å². The Balaban J connectivity index is 1.76. The molecule has 0 aliphatic rings. The van der Waals surface area contributed by atoms with Crippen molar-refractivity contribution in [2.75, 3.05) is 13.4 Å². The molecule has 0 aliphatic heterocycles. The molecule has 9 heteroatoms. The number of nitrogens with zero attached hydrogens (tertiary/aromatic N) is 4. The Kier molecular flexibility index (Phi) is 5.05. The van der Waals surface area contributed by atoms with Crippen LogP contribution in [0.5, 0.6) is 5.75 Å². The molecule has 25 heavy (non-hydrogen) atoms. The average molecular weight is 376 g/mol. The first-order valence-corrected chi connectivity index (χ1v) is 10.2. The summed E-state index contributed by atoms with van der Waals surface area (Å²) in [6.45, 7) is 0. The summed E-state index contributed by atoms with van der Waals surface area (Å²) in [6, 6.07) is 14.2. The molecule has 2 aromatic carbocycles. The van der Waals surface area contributed by atoms with Crippen LogP contribution in [0.2, 0.25) is 0 Å². The molecule has 0 saturated carbocycles. The lowest BCUT2D eigenvalue weighted by Crippen LogP contribution is -2.03. The smallest absolute Gasteiger partial charge is 0.175 e. The molecule has 130 valence electrons. The second kappa shape index (κ2) is 7.24. The van der Waals surface area contributed by atoms with Crippen molar-refractivity contribution in [1.29, 1.82) is 0 Å². The third kappa shape index (κ3) is 4.18. The summed E-state index contributed by atoms with van der Waals surface area (Å²) >= 11 is 1.60. The zero-order valence-electron chi connectivity index (χ0n) is 13.7. The van der Waals surface area contributed by atoms with Gasteiger partial charge in [-0.05, 0) is 59.0 Å². The van der Waals surface area contributed by atoms with E-state index in [2.05, 4.69) is 15.5 Å². The SMILES string of the molecule is COc1ccc(SCc2nnnn2-c2ccc(S(C)(=O)=O)cc2)cc1. The van der Waals surface area contributed by atoms with Crippen LogP contribution in [0.25, 0.3) is 5.69 Å². The molecule has 0 unspecified atom stereocenters. The molecule has 0 fully saturated rings.